The predicted octanol–water partition coefficient (Wildman–Crippen LogP) is 2.38. The molecule has 0 saturated heterocycles. The fourth-order valence-corrected chi connectivity index (χ4v) is 1.63. The lowest BCUT2D eigenvalue weighted by atomic mass is 10.2. The molecule has 1 aromatic carbocycles. The molecule has 0 aliphatic heterocycles. The first-order valence-corrected chi connectivity index (χ1v) is 5.28. The lowest BCUT2D eigenvalue weighted by molar-refractivity contribution is 0.350. The zero-order chi connectivity index (χ0) is 10.7. The summed E-state index contributed by atoms with van der Waals surface area (Å²) in [4.78, 5) is 0. The van der Waals surface area contributed by atoms with Gasteiger partial charge in [0.2, 0.25) is 0 Å². The standard InChI is InChI=1S/C12H17NO2.ClH/c1-14-11-5-3-4-9(12(11)15-2)8-13-10-6-7-10;/h3-5,10,13H,6-8H2,1-2H3;1H. The van der Waals surface area contributed by atoms with Crippen molar-refractivity contribution in [2.75, 3.05) is 14.2 Å². The van der Waals surface area contributed by atoms with Gasteiger partial charge in [-0.1, -0.05) is 12.1 Å². The third-order valence-electron chi connectivity index (χ3n) is 2.64. The van der Waals surface area contributed by atoms with Crippen molar-refractivity contribution in [3.63, 3.8) is 0 Å². The maximum atomic E-state index is 5.36. The SMILES string of the molecule is COc1cccc(CNC2CC2)c1OC.Cl. The van der Waals surface area contributed by atoms with E-state index in [0.717, 1.165) is 23.6 Å². The summed E-state index contributed by atoms with van der Waals surface area (Å²) in [5.74, 6) is 1.64. The first-order valence-electron chi connectivity index (χ1n) is 5.28. The minimum absolute atomic E-state index is 0. The van der Waals surface area contributed by atoms with Crippen molar-refractivity contribution >= 4 is 12.4 Å². The molecule has 1 fully saturated rings. The number of nitrogens with one attached hydrogen (secondary N) is 1. The topological polar surface area (TPSA) is 30.5 Å². The van der Waals surface area contributed by atoms with Gasteiger partial charge in [0, 0.05) is 18.2 Å². The highest BCUT2D eigenvalue weighted by Crippen LogP contribution is 2.31. The van der Waals surface area contributed by atoms with E-state index in [2.05, 4.69) is 11.4 Å². The highest BCUT2D eigenvalue weighted by atomic mass is 35.5. The molecule has 1 aliphatic carbocycles. The van der Waals surface area contributed by atoms with E-state index >= 15 is 0 Å². The van der Waals surface area contributed by atoms with Gasteiger partial charge < -0.3 is 14.8 Å². The molecule has 1 aromatic rings. The molecule has 0 spiro atoms. The zero-order valence-electron chi connectivity index (χ0n) is 9.66. The Morgan fingerprint density at radius 1 is 1.25 bits per heavy atom. The van der Waals surface area contributed by atoms with Crippen molar-refractivity contribution in [1.29, 1.82) is 0 Å². The van der Waals surface area contributed by atoms with E-state index < -0.39 is 0 Å². The van der Waals surface area contributed by atoms with E-state index in [1.54, 1.807) is 14.2 Å². The second-order valence-electron chi connectivity index (χ2n) is 3.81. The Kier molecular flexibility index (Phi) is 4.90. The average Bonchev–Trinajstić information content (AvgIpc) is 3.09. The maximum absolute atomic E-state index is 5.36. The van der Waals surface area contributed by atoms with Crippen molar-refractivity contribution < 1.29 is 9.47 Å². The monoisotopic (exact) mass is 243 g/mol. The van der Waals surface area contributed by atoms with Gasteiger partial charge in [-0.2, -0.15) is 0 Å². The van der Waals surface area contributed by atoms with Gasteiger partial charge in [-0.3, -0.25) is 0 Å². The summed E-state index contributed by atoms with van der Waals surface area (Å²) in [7, 11) is 3.34. The Morgan fingerprint density at radius 2 is 2.00 bits per heavy atom. The van der Waals surface area contributed by atoms with Gasteiger partial charge in [-0.25, -0.2) is 0 Å². The number of rotatable bonds is 5. The zero-order valence-corrected chi connectivity index (χ0v) is 10.5. The molecule has 0 radical (unpaired) electrons. The molecule has 16 heavy (non-hydrogen) atoms. The van der Waals surface area contributed by atoms with Crippen molar-refractivity contribution in [3.8, 4) is 11.5 Å². The number of hydrogen-bond donors (Lipinski definition) is 1. The van der Waals surface area contributed by atoms with Crippen molar-refractivity contribution in [3.05, 3.63) is 23.8 Å². The van der Waals surface area contributed by atoms with Crippen LogP contribution in [-0.4, -0.2) is 20.3 Å². The van der Waals surface area contributed by atoms with Crippen molar-refractivity contribution in [2.24, 2.45) is 0 Å². The van der Waals surface area contributed by atoms with E-state index in [9.17, 15) is 0 Å². The van der Waals surface area contributed by atoms with Gasteiger partial charge in [0.1, 0.15) is 0 Å². The molecule has 1 aliphatic rings. The van der Waals surface area contributed by atoms with Gasteiger partial charge in [-0.05, 0) is 18.9 Å². The van der Waals surface area contributed by atoms with E-state index in [-0.39, 0.29) is 12.4 Å². The lowest BCUT2D eigenvalue weighted by Gasteiger charge is -2.12. The van der Waals surface area contributed by atoms with E-state index in [1.165, 1.54) is 12.8 Å². The highest BCUT2D eigenvalue weighted by Gasteiger charge is 2.21. The molecule has 0 amide bonds. The smallest absolute Gasteiger partial charge is 0.165 e. The quantitative estimate of drug-likeness (QED) is 0.862. The number of ether oxygens (including phenoxy) is 2. The third kappa shape index (κ3) is 3.03. The minimum atomic E-state index is 0. The molecule has 4 heteroatoms. The average molecular weight is 244 g/mol. The Bertz CT molecular complexity index is 340. The van der Waals surface area contributed by atoms with E-state index in [4.69, 9.17) is 9.47 Å². The van der Waals surface area contributed by atoms with Crippen molar-refractivity contribution in [1.82, 2.24) is 5.32 Å². The van der Waals surface area contributed by atoms with E-state index in [1.807, 2.05) is 12.1 Å². The van der Waals surface area contributed by atoms with Crippen LogP contribution in [0.3, 0.4) is 0 Å². The summed E-state index contributed by atoms with van der Waals surface area (Å²) in [5.41, 5.74) is 1.16. The van der Waals surface area contributed by atoms with Crippen LogP contribution in [-0.2, 0) is 6.54 Å². The van der Waals surface area contributed by atoms with Gasteiger partial charge in [0.15, 0.2) is 11.5 Å². The summed E-state index contributed by atoms with van der Waals surface area (Å²) in [6, 6.07) is 6.68. The number of benzene rings is 1. The fraction of sp³-hybridized carbons (Fsp3) is 0.500. The molecular weight excluding hydrogens is 226 g/mol. The van der Waals surface area contributed by atoms with Gasteiger partial charge >= 0.3 is 0 Å². The first-order chi connectivity index (χ1) is 7.35. The van der Waals surface area contributed by atoms with Gasteiger partial charge in [0.05, 0.1) is 14.2 Å². The lowest BCUT2D eigenvalue weighted by Crippen LogP contribution is -2.16. The number of methoxy groups -OCH3 is 2. The molecule has 1 N–H and O–H groups in total. The summed E-state index contributed by atoms with van der Waals surface area (Å²) in [5, 5.41) is 3.46. The number of para-hydroxylation sites is 1. The molecule has 3 nitrogen and oxygen atoms in total. The molecule has 2 rings (SSSR count). The van der Waals surface area contributed by atoms with Crippen LogP contribution in [0.15, 0.2) is 18.2 Å². The summed E-state index contributed by atoms with van der Waals surface area (Å²) in [6.45, 7) is 0.852. The predicted molar refractivity (Wildman–Crippen MR) is 66.7 cm³/mol. The van der Waals surface area contributed by atoms with Crippen LogP contribution in [0.25, 0.3) is 0 Å². The molecule has 0 atom stereocenters. The minimum Gasteiger partial charge on any atom is -0.493 e. The third-order valence-corrected chi connectivity index (χ3v) is 2.64. The van der Waals surface area contributed by atoms with Crippen LogP contribution in [0.4, 0.5) is 0 Å². The highest BCUT2D eigenvalue weighted by molar-refractivity contribution is 5.85. The summed E-state index contributed by atoms with van der Waals surface area (Å²) in [6.07, 6.45) is 2.60. The Balaban J connectivity index is 0.00000128. The molecule has 0 unspecified atom stereocenters. The molecule has 0 heterocycles. The Morgan fingerprint density at radius 3 is 2.56 bits per heavy atom. The van der Waals surface area contributed by atoms with Crippen LogP contribution < -0.4 is 14.8 Å². The molecule has 1 saturated carbocycles. The van der Waals surface area contributed by atoms with Gasteiger partial charge in [-0.15, -0.1) is 12.4 Å². The first kappa shape index (κ1) is 13.1. The maximum Gasteiger partial charge on any atom is 0.165 e. The molecule has 0 bridgehead atoms. The largest absolute Gasteiger partial charge is 0.493 e. The Hall–Kier alpha value is -0.930. The van der Waals surface area contributed by atoms with Crippen LogP contribution in [0, 0.1) is 0 Å². The van der Waals surface area contributed by atoms with Gasteiger partial charge in [0.25, 0.3) is 0 Å². The summed E-state index contributed by atoms with van der Waals surface area (Å²) < 4.78 is 10.6. The number of halogens is 1. The van der Waals surface area contributed by atoms with E-state index in [0.29, 0.717) is 6.04 Å². The number of hydrogen-bond acceptors (Lipinski definition) is 3. The van der Waals surface area contributed by atoms with Crippen LogP contribution >= 0.6 is 12.4 Å². The Labute approximate surface area is 103 Å². The summed E-state index contributed by atoms with van der Waals surface area (Å²) >= 11 is 0. The molecule has 0 aromatic heterocycles. The van der Waals surface area contributed by atoms with Crippen LogP contribution in [0.5, 0.6) is 11.5 Å². The van der Waals surface area contributed by atoms with Crippen LogP contribution in [0.2, 0.25) is 0 Å². The van der Waals surface area contributed by atoms with Crippen LogP contribution in [0.1, 0.15) is 18.4 Å². The fourth-order valence-electron chi connectivity index (χ4n) is 1.63. The second-order valence-corrected chi connectivity index (χ2v) is 3.81. The molecule has 90 valence electrons. The normalized spacial score (nSPS) is 14.1. The molecular formula is C12H18ClNO2. The second kappa shape index (κ2) is 5.97. The van der Waals surface area contributed by atoms with Crippen molar-refractivity contribution in [2.45, 2.75) is 25.4 Å².